The molecule has 0 spiro atoms. The van der Waals surface area contributed by atoms with Crippen LogP contribution in [-0.4, -0.2) is 0 Å². The molecule has 0 aliphatic rings. The van der Waals surface area contributed by atoms with E-state index < -0.39 is 0 Å². The van der Waals surface area contributed by atoms with Gasteiger partial charge in [-0.1, -0.05) is 108 Å². The van der Waals surface area contributed by atoms with E-state index in [0.717, 1.165) is 68.2 Å². The van der Waals surface area contributed by atoms with Crippen molar-refractivity contribution in [3.8, 4) is 0 Å². The molecule has 0 aliphatic carbocycles. The first-order valence-corrected chi connectivity index (χ1v) is 20.4. The third kappa shape index (κ3) is 8.13. The minimum atomic E-state index is 1.05. The van der Waals surface area contributed by atoms with Crippen molar-refractivity contribution in [2.75, 3.05) is 19.6 Å². The van der Waals surface area contributed by atoms with Crippen molar-refractivity contribution < 1.29 is 0 Å². The van der Waals surface area contributed by atoms with Gasteiger partial charge in [0.05, 0.1) is 0 Å². The Hall–Kier alpha value is -7.82. The van der Waals surface area contributed by atoms with Crippen LogP contribution in [0.4, 0.5) is 68.2 Å². The van der Waals surface area contributed by atoms with Gasteiger partial charge in [-0.05, 0) is 159 Å². The lowest BCUT2D eigenvalue weighted by Crippen LogP contribution is -2.13. The summed E-state index contributed by atoms with van der Waals surface area (Å²) in [4.78, 5) is 9.25. The molecule has 0 aromatic heterocycles. The smallest absolute Gasteiger partial charge is 0.0463 e. The van der Waals surface area contributed by atoms with E-state index in [4.69, 9.17) is 0 Å². The van der Waals surface area contributed by atoms with Gasteiger partial charge in [0.25, 0.3) is 0 Å². The molecule has 60 heavy (non-hydrogen) atoms. The Morgan fingerprint density at radius 3 is 0.467 bits per heavy atom. The molecule has 0 atom stereocenters. The van der Waals surface area contributed by atoms with Gasteiger partial charge >= 0.3 is 0 Å². The average molecular weight is 775 g/mol. The molecule has 0 heterocycles. The Labute approximate surface area is 354 Å². The normalized spacial score (nSPS) is 10.8. The lowest BCUT2D eigenvalue weighted by Gasteiger charge is -2.30. The second-order valence-corrected chi connectivity index (χ2v) is 14.9. The molecule has 290 valence electrons. The molecule has 4 nitrogen and oxygen atoms in total. The number of rotatable bonds is 12. The molecule has 0 saturated carbocycles. The van der Waals surface area contributed by atoms with Crippen LogP contribution in [0.3, 0.4) is 0 Å². The summed E-state index contributed by atoms with van der Waals surface area (Å²) >= 11 is 0. The van der Waals surface area contributed by atoms with E-state index in [2.05, 4.69) is 276 Å². The highest BCUT2D eigenvalue weighted by Gasteiger charge is 2.19. The highest BCUT2D eigenvalue weighted by Crippen LogP contribution is 2.43. The zero-order valence-electron chi connectivity index (χ0n) is 33.9. The summed E-state index contributed by atoms with van der Waals surface area (Å²) in [6.07, 6.45) is 0. The van der Waals surface area contributed by atoms with Gasteiger partial charge in [-0.2, -0.15) is 0 Å². The first-order valence-electron chi connectivity index (χ1n) is 20.4. The van der Waals surface area contributed by atoms with Crippen LogP contribution in [0.2, 0.25) is 0 Å². The molecule has 0 bridgehead atoms. The standard InChI is InChI=1S/C56H46N4/c1-43-23-27-49(28-24-43)59(50-29-25-44(2)26-30-50)53-39-41-56(42-40-53)60(54-35-31-51(32-36-54)57(45-15-7-3-8-16-45)46-17-9-4-10-18-46)55-37-33-52(34-38-55)58(47-19-11-5-12-20-47)48-21-13-6-14-22-48/h3-42H,1-2H3. The van der Waals surface area contributed by atoms with Gasteiger partial charge < -0.3 is 19.6 Å². The number of para-hydroxylation sites is 4. The van der Waals surface area contributed by atoms with Gasteiger partial charge in [-0.3, -0.25) is 0 Å². The molecule has 0 aliphatic heterocycles. The monoisotopic (exact) mass is 774 g/mol. The Balaban J connectivity index is 1.13. The van der Waals surface area contributed by atoms with Gasteiger partial charge in [0, 0.05) is 68.2 Å². The molecule has 9 aromatic rings. The second kappa shape index (κ2) is 17.4. The van der Waals surface area contributed by atoms with Crippen molar-refractivity contribution in [2.45, 2.75) is 13.8 Å². The van der Waals surface area contributed by atoms with Crippen molar-refractivity contribution in [1.29, 1.82) is 0 Å². The Morgan fingerprint density at radius 2 is 0.300 bits per heavy atom. The molecule has 4 heteroatoms. The maximum absolute atomic E-state index is 2.34. The van der Waals surface area contributed by atoms with E-state index in [-0.39, 0.29) is 0 Å². The maximum atomic E-state index is 2.34. The fraction of sp³-hybridized carbons (Fsp3) is 0.0357. The average Bonchev–Trinajstić information content (AvgIpc) is 3.31. The molecule has 0 unspecified atom stereocenters. The SMILES string of the molecule is Cc1ccc(N(c2ccc(C)cc2)c2ccc(N(c3ccc(N(c4ccccc4)c4ccccc4)cc3)c3ccc(N(c4ccccc4)c4ccccc4)cc3)cc2)cc1. The summed E-state index contributed by atoms with van der Waals surface area (Å²) in [5, 5.41) is 0. The molecule has 9 rings (SSSR count). The van der Waals surface area contributed by atoms with Gasteiger partial charge in [0.15, 0.2) is 0 Å². The van der Waals surface area contributed by atoms with Crippen LogP contribution >= 0.6 is 0 Å². The molecule has 9 aromatic carbocycles. The lowest BCUT2D eigenvalue weighted by atomic mass is 10.1. The fourth-order valence-corrected chi connectivity index (χ4v) is 7.74. The first kappa shape index (κ1) is 37.7. The summed E-state index contributed by atoms with van der Waals surface area (Å²) in [5.41, 5.74) is 15.5. The van der Waals surface area contributed by atoms with Crippen LogP contribution in [0.5, 0.6) is 0 Å². The van der Waals surface area contributed by atoms with E-state index in [1.165, 1.54) is 11.1 Å². The number of benzene rings is 9. The summed E-state index contributed by atoms with van der Waals surface area (Å²) in [7, 11) is 0. The summed E-state index contributed by atoms with van der Waals surface area (Å²) in [6.45, 7) is 4.26. The minimum absolute atomic E-state index is 1.05. The predicted molar refractivity (Wildman–Crippen MR) is 255 cm³/mol. The number of hydrogen-bond acceptors (Lipinski definition) is 4. The van der Waals surface area contributed by atoms with E-state index in [9.17, 15) is 0 Å². The highest BCUT2D eigenvalue weighted by atomic mass is 15.2. The topological polar surface area (TPSA) is 13.0 Å². The van der Waals surface area contributed by atoms with Crippen LogP contribution in [0.1, 0.15) is 11.1 Å². The molecular formula is C56H46N4. The molecule has 0 N–H and O–H groups in total. The number of anilines is 12. The summed E-state index contributed by atoms with van der Waals surface area (Å²) in [6, 6.07) is 86.3. The Kier molecular flexibility index (Phi) is 10.9. The van der Waals surface area contributed by atoms with E-state index in [0.29, 0.717) is 0 Å². The van der Waals surface area contributed by atoms with Crippen LogP contribution in [-0.2, 0) is 0 Å². The molecule has 0 radical (unpaired) electrons. The fourth-order valence-electron chi connectivity index (χ4n) is 7.74. The molecule has 0 saturated heterocycles. The van der Waals surface area contributed by atoms with E-state index in [1.807, 2.05) is 0 Å². The third-order valence-electron chi connectivity index (χ3n) is 10.7. The predicted octanol–water partition coefficient (Wildman–Crippen LogP) is 16.2. The van der Waals surface area contributed by atoms with Gasteiger partial charge in [-0.15, -0.1) is 0 Å². The van der Waals surface area contributed by atoms with Gasteiger partial charge in [0.1, 0.15) is 0 Å². The van der Waals surface area contributed by atoms with Crippen LogP contribution < -0.4 is 19.6 Å². The molecule has 0 fully saturated rings. The summed E-state index contributed by atoms with van der Waals surface area (Å²) < 4.78 is 0. The Bertz CT molecular complexity index is 2470. The van der Waals surface area contributed by atoms with Crippen LogP contribution in [0.15, 0.2) is 243 Å². The van der Waals surface area contributed by atoms with E-state index >= 15 is 0 Å². The summed E-state index contributed by atoms with van der Waals surface area (Å²) in [5.74, 6) is 0. The molecular weight excluding hydrogens is 729 g/mol. The Morgan fingerprint density at radius 1 is 0.167 bits per heavy atom. The van der Waals surface area contributed by atoms with Gasteiger partial charge in [0.2, 0.25) is 0 Å². The van der Waals surface area contributed by atoms with Crippen molar-refractivity contribution in [2.24, 2.45) is 0 Å². The highest BCUT2D eigenvalue weighted by molar-refractivity contribution is 5.85. The molecule has 0 amide bonds. The van der Waals surface area contributed by atoms with Crippen molar-refractivity contribution in [1.82, 2.24) is 0 Å². The zero-order valence-corrected chi connectivity index (χ0v) is 33.9. The second-order valence-electron chi connectivity index (χ2n) is 14.9. The van der Waals surface area contributed by atoms with Gasteiger partial charge in [-0.25, -0.2) is 0 Å². The van der Waals surface area contributed by atoms with Crippen molar-refractivity contribution >= 4 is 68.2 Å². The largest absolute Gasteiger partial charge is 0.311 e. The maximum Gasteiger partial charge on any atom is 0.0463 e. The lowest BCUT2D eigenvalue weighted by molar-refractivity contribution is 1.23. The van der Waals surface area contributed by atoms with Crippen molar-refractivity contribution in [3.63, 3.8) is 0 Å². The van der Waals surface area contributed by atoms with Crippen LogP contribution in [0, 0.1) is 13.8 Å². The van der Waals surface area contributed by atoms with Crippen molar-refractivity contribution in [3.05, 3.63) is 254 Å². The zero-order chi connectivity index (χ0) is 40.7. The van der Waals surface area contributed by atoms with E-state index in [1.54, 1.807) is 0 Å². The minimum Gasteiger partial charge on any atom is -0.311 e. The third-order valence-corrected chi connectivity index (χ3v) is 10.7. The number of hydrogen-bond donors (Lipinski definition) is 0. The van der Waals surface area contributed by atoms with Crippen LogP contribution in [0.25, 0.3) is 0 Å². The quantitative estimate of drug-likeness (QED) is 0.123. The first-order chi connectivity index (χ1) is 29.6. The number of aryl methyl sites for hydroxylation is 2. The number of nitrogens with zero attached hydrogens (tertiary/aromatic N) is 4.